The van der Waals surface area contributed by atoms with Crippen molar-refractivity contribution in [2.45, 2.75) is 148 Å². The van der Waals surface area contributed by atoms with Gasteiger partial charge in [-0.2, -0.15) is 8.78 Å². The van der Waals surface area contributed by atoms with Crippen LogP contribution >= 0.6 is 0 Å². The second-order valence-electron chi connectivity index (χ2n) is 10.2. The molecule has 0 bridgehead atoms. The Bertz CT molecular complexity index is 550. The Kier molecular flexibility index (Phi) is 15.1. The summed E-state index contributed by atoms with van der Waals surface area (Å²) in [5, 5.41) is 10.3. The Balaban J connectivity index is 2.21. The molecule has 1 fully saturated rings. The molecule has 1 aliphatic rings. The van der Waals surface area contributed by atoms with Crippen LogP contribution in [0, 0.1) is 11.8 Å². The number of alkyl halides is 2. The van der Waals surface area contributed by atoms with Crippen LogP contribution in [0.25, 0.3) is 0 Å². The second-order valence-corrected chi connectivity index (χ2v) is 10.2. The summed E-state index contributed by atoms with van der Waals surface area (Å²) in [7, 11) is 0. The Morgan fingerprint density at radius 3 is 2.21 bits per heavy atom. The van der Waals surface area contributed by atoms with E-state index < -0.39 is 17.8 Å². The van der Waals surface area contributed by atoms with Crippen LogP contribution in [0.5, 0.6) is 0 Å². The number of carbonyl (C=O) groups is 2. The van der Waals surface area contributed by atoms with Crippen LogP contribution in [0.3, 0.4) is 0 Å². The van der Waals surface area contributed by atoms with E-state index in [1.807, 2.05) is 20.8 Å². The largest absolute Gasteiger partial charge is 0.463 e. The molecule has 1 N–H and O–H groups in total. The van der Waals surface area contributed by atoms with Gasteiger partial charge in [0.25, 0.3) is 0 Å². The van der Waals surface area contributed by atoms with Crippen LogP contribution in [0.1, 0.15) is 130 Å². The van der Waals surface area contributed by atoms with Gasteiger partial charge in [0, 0.05) is 19.3 Å². The second kappa shape index (κ2) is 16.6. The monoisotopic (exact) mass is 474 g/mol. The highest BCUT2D eigenvalue weighted by Crippen LogP contribution is 2.39. The highest BCUT2D eigenvalue weighted by molar-refractivity contribution is 5.85. The van der Waals surface area contributed by atoms with Crippen LogP contribution in [0.4, 0.5) is 8.78 Å². The Hall–Kier alpha value is -1.04. The number of aliphatic hydroxyl groups is 1. The zero-order chi connectivity index (χ0) is 24.7. The van der Waals surface area contributed by atoms with E-state index in [-0.39, 0.29) is 30.8 Å². The molecule has 3 atom stereocenters. The fourth-order valence-electron chi connectivity index (χ4n) is 5.01. The van der Waals surface area contributed by atoms with E-state index in [2.05, 4.69) is 0 Å². The molecule has 33 heavy (non-hydrogen) atoms. The fraction of sp³-hybridized carbons (Fsp3) is 0.926. The molecule has 0 aromatic rings. The lowest BCUT2D eigenvalue weighted by Crippen LogP contribution is -2.30. The maximum Gasteiger partial charge on any atom is 0.306 e. The van der Waals surface area contributed by atoms with Crippen molar-refractivity contribution in [2.75, 3.05) is 0 Å². The molecule has 1 aliphatic carbocycles. The van der Waals surface area contributed by atoms with E-state index in [0.717, 1.165) is 70.6 Å². The summed E-state index contributed by atoms with van der Waals surface area (Å²) in [6.45, 7) is 5.74. The molecule has 0 saturated heterocycles. The van der Waals surface area contributed by atoms with Gasteiger partial charge in [0.05, 0.1) is 12.2 Å². The molecule has 4 nitrogen and oxygen atoms in total. The number of halogens is 2. The minimum atomic E-state index is -3.22. The van der Waals surface area contributed by atoms with E-state index in [0.29, 0.717) is 31.6 Å². The number of esters is 1. The Morgan fingerprint density at radius 1 is 0.909 bits per heavy atom. The number of Topliss-reactive ketones (excluding diaryl/α,β-unsaturated/α-hetero) is 1. The van der Waals surface area contributed by atoms with E-state index >= 15 is 0 Å². The number of rotatable bonds is 19. The first-order valence-electron chi connectivity index (χ1n) is 13.5. The lowest BCUT2D eigenvalue weighted by molar-refractivity contribution is -0.147. The lowest BCUT2D eigenvalue weighted by atomic mass is 9.85. The predicted octanol–water partition coefficient (Wildman–Crippen LogP) is 7.40. The van der Waals surface area contributed by atoms with Crippen molar-refractivity contribution < 1.29 is 28.2 Å². The third kappa shape index (κ3) is 12.8. The molecule has 0 radical (unpaired) electrons. The quantitative estimate of drug-likeness (QED) is 0.156. The van der Waals surface area contributed by atoms with Gasteiger partial charge in [-0.15, -0.1) is 0 Å². The minimum absolute atomic E-state index is 0.0307. The number of carbonyl (C=O) groups excluding carboxylic acids is 2. The predicted molar refractivity (Wildman–Crippen MR) is 128 cm³/mol. The number of ketones is 1. The molecule has 0 amide bonds. The summed E-state index contributed by atoms with van der Waals surface area (Å²) in [5.41, 5.74) is 0. The maximum atomic E-state index is 14.2. The first-order chi connectivity index (χ1) is 15.7. The molecule has 1 rings (SSSR count). The van der Waals surface area contributed by atoms with E-state index in [4.69, 9.17) is 4.74 Å². The van der Waals surface area contributed by atoms with Gasteiger partial charge < -0.3 is 9.84 Å². The van der Waals surface area contributed by atoms with Crippen molar-refractivity contribution in [1.29, 1.82) is 0 Å². The summed E-state index contributed by atoms with van der Waals surface area (Å²) in [6.07, 6.45) is 11.8. The van der Waals surface area contributed by atoms with Crippen LogP contribution in [-0.2, 0) is 14.3 Å². The Morgan fingerprint density at radius 2 is 1.55 bits per heavy atom. The maximum absolute atomic E-state index is 14.2. The summed E-state index contributed by atoms with van der Waals surface area (Å²) < 4.78 is 33.4. The van der Waals surface area contributed by atoms with Crippen molar-refractivity contribution in [2.24, 2.45) is 11.8 Å². The van der Waals surface area contributed by atoms with Crippen LogP contribution in [0.15, 0.2) is 0 Å². The molecule has 194 valence electrons. The molecule has 6 heteroatoms. The standard InChI is InChI=1S/C27H48F2O4/c1-4-5-6-13-20-27(28,29)25(31)19-17-23-22(16-18-24(23)30)14-11-9-7-8-10-12-15-26(32)33-21(2)3/h21-24,30H,4-20H2,1-3H3. The molecule has 0 aromatic heterocycles. The molecular weight excluding hydrogens is 426 g/mol. The smallest absolute Gasteiger partial charge is 0.306 e. The summed E-state index contributed by atoms with van der Waals surface area (Å²) in [5.74, 6) is -4.00. The average molecular weight is 475 g/mol. The number of hydrogen-bond donors (Lipinski definition) is 1. The number of aliphatic hydroxyl groups excluding tert-OH is 1. The fourth-order valence-corrected chi connectivity index (χ4v) is 5.01. The van der Waals surface area contributed by atoms with E-state index in [1.54, 1.807) is 0 Å². The van der Waals surface area contributed by atoms with Gasteiger partial charge in [-0.05, 0) is 57.8 Å². The lowest BCUT2D eigenvalue weighted by Gasteiger charge is -2.23. The van der Waals surface area contributed by atoms with Gasteiger partial charge >= 0.3 is 11.9 Å². The topological polar surface area (TPSA) is 63.6 Å². The highest BCUT2D eigenvalue weighted by atomic mass is 19.3. The average Bonchev–Trinajstić information content (AvgIpc) is 3.10. The number of ether oxygens (including phenoxy) is 1. The Labute approximate surface area is 200 Å². The van der Waals surface area contributed by atoms with Crippen molar-refractivity contribution >= 4 is 11.8 Å². The van der Waals surface area contributed by atoms with Crippen molar-refractivity contribution in [3.63, 3.8) is 0 Å². The molecule has 3 unspecified atom stereocenters. The van der Waals surface area contributed by atoms with Gasteiger partial charge in [-0.1, -0.05) is 64.7 Å². The zero-order valence-corrected chi connectivity index (χ0v) is 21.3. The van der Waals surface area contributed by atoms with Crippen LogP contribution in [-0.4, -0.2) is 35.0 Å². The van der Waals surface area contributed by atoms with Gasteiger partial charge in [0.1, 0.15) is 0 Å². The molecular formula is C27H48F2O4. The molecule has 0 aromatic carbocycles. The third-order valence-electron chi connectivity index (χ3n) is 6.96. The summed E-state index contributed by atoms with van der Waals surface area (Å²) in [4.78, 5) is 23.6. The van der Waals surface area contributed by atoms with Crippen molar-refractivity contribution in [3.05, 3.63) is 0 Å². The number of hydrogen-bond acceptors (Lipinski definition) is 4. The van der Waals surface area contributed by atoms with Gasteiger partial charge in [0.2, 0.25) is 5.78 Å². The van der Waals surface area contributed by atoms with E-state index in [1.165, 1.54) is 0 Å². The number of unbranched alkanes of at least 4 members (excludes halogenated alkanes) is 8. The van der Waals surface area contributed by atoms with Crippen molar-refractivity contribution in [1.82, 2.24) is 0 Å². The minimum Gasteiger partial charge on any atom is -0.463 e. The van der Waals surface area contributed by atoms with Crippen LogP contribution in [0.2, 0.25) is 0 Å². The first kappa shape index (κ1) is 30.0. The normalized spacial score (nSPS) is 21.0. The van der Waals surface area contributed by atoms with Gasteiger partial charge in [-0.25, -0.2) is 0 Å². The highest BCUT2D eigenvalue weighted by Gasteiger charge is 2.40. The summed E-state index contributed by atoms with van der Waals surface area (Å²) >= 11 is 0. The molecule has 0 spiro atoms. The third-order valence-corrected chi connectivity index (χ3v) is 6.96. The van der Waals surface area contributed by atoms with Crippen LogP contribution < -0.4 is 0 Å². The van der Waals surface area contributed by atoms with Gasteiger partial charge in [0.15, 0.2) is 0 Å². The molecule has 0 aliphatic heterocycles. The zero-order valence-electron chi connectivity index (χ0n) is 21.3. The summed E-state index contributed by atoms with van der Waals surface area (Å²) in [6, 6.07) is 0. The van der Waals surface area contributed by atoms with E-state index in [9.17, 15) is 23.5 Å². The first-order valence-corrected chi connectivity index (χ1v) is 13.5. The van der Waals surface area contributed by atoms with Crippen molar-refractivity contribution in [3.8, 4) is 0 Å². The molecule has 1 saturated carbocycles. The van der Waals surface area contributed by atoms with Gasteiger partial charge in [-0.3, -0.25) is 9.59 Å². The SMILES string of the molecule is CCCCCCC(F)(F)C(=O)CCC1C(O)CCC1CCCCCCCCC(=O)OC(C)C. The molecule has 0 heterocycles.